The number of ether oxygens (including phenoxy) is 1. The molecule has 0 aliphatic heterocycles. The number of ketones is 1. The lowest BCUT2D eigenvalue weighted by Crippen LogP contribution is -2.18. The molecular formula is C29H37N5O5S. The second-order valence-corrected chi connectivity index (χ2v) is 13.2. The van der Waals surface area contributed by atoms with Gasteiger partial charge in [0.05, 0.1) is 36.6 Å². The maximum absolute atomic E-state index is 13.4. The summed E-state index contributed by atoms with van der Waals surface area (Å²) in [5.41, 5.74) is 3.17. The molecule has 0 radical (unpaired) electrons. The van der Waals surface area contributed by atoms with Crippen molar-refractivity contribution < 1.29 is 22.7 Å². The number of nitrogens with zero attached hydrogens (tertiary/aromatic N) is 3. The minimum Gasteiger partial charge on any atom is -0.492 e. The second kappa shape index (κ2) is 11.4. The maximum Gasteiger partial charge on any atom is 0.255 e. The van der Waals surface area contributed by atoms with Gasteiger partial charge in [-0.05, 0) is 60.6 Å². The first-order chi connectivity index (χ1) is 18.8. The lowest BCUT2D eigenvalue weighted by atomic mass is 9.85. The van der Waals surface area contributed by atoms with Gasteiger partial charge >= 0.3 is 0 Å². The third-order valence-electron chi connectivity index (χ3n) is 7.14. The summed E-state index contributed by atoms with van der Waals surface area (Å²) in [4.78, 5) is 26.4. The van der Waals surface area contributed by atoms with Gasteiger partial charge in [-0.25, -0.2) is 13.1 Å². The molecule has 1 aliphatic rings. The number of hydrogen-bond donors (Lipinski definition) is 2. The van der Waals surface area contributed by atoms with Crippen LogP contribution in [-0.4, -0.2) is 48.5 Å². The minimum absolute atomic E-state index is 0.0156. The van der Waals surface area contributed by atoms with Crippen molar-refractivity contribution >= 4 is 33.1 Å². The first-order valence-electron chi connectivity index (χ1n) is 13.4. The fraction of sp³-hybridized carbons (Fsp3) is 0.448. The Morgan fingerprint density at radius 2 is 1.73 bits per heavy atom. The van der Waals surface area contributed by atoms with Gasteiger partial charge in [0.15, 0.2) is 11.5 Å². The van der Waals surface area contributed by atoms with Crippen molar-refractivity contribution in [3.05, 3.63) is 58.9 Å². The van der Waals surface area contributed by atoms with Crippen LogP contribution < -0.4 is 14.8 Å². The normalized spacial score (nSPS) is 14.6. The standard InChI is InChI=1S/C29H37N5O5S/c1-18-12-13-20(14-25(18)34-17-24(31-33-34)26(35)19-10-8-7-9-11-19)28(36)30-22-15-21(29(2,3)4)16-23(27(22)39-5)32-40(6,37)38/h12-17,19,32H,7-11H2,1-6H3,(H,30,36). The smallest absolute Gasteiger partial charge is 0.255 e. The first kappa shape index (κ1) is 29.3. The number of aryl methyl sites for hydroxylation is 1. The Kier molecular flexibility index (Phi) is 8.34. The summed E-state index contributed by atoms with van der Waals surface area (Å²) >= 11 is 0. The zero-order chi connectivity index (χ0) is 29.2. The number of hydrogen-bond acceptors (Lipinski definition) is 7. The number of rotatable bonds is 8. The molecule has 1 amide bonds. The molecule has 0 spiro atoms. The summed E-state index contributed by atoms with van der Waals surface area (Å²) in [6, 6.07) is 8.66. The van der Waals surface area contributed by atoms with Gasteiger partial charge in [0.2, 0.25) is 10.0 Å². The molecule has 1 aromatic heterocycles. The Hall–Kier alpha value is -3.73. The van der Waals surface area contributed by atoms with Crippen LogP contribution in [0.15, 0.2) is 36.5 Å². The fourth-order valence-electron chi connectivity index (χ4n) is 4.91. The van der Waals surface area contributed by atoms with Gasteiger partial charge in [-0.15, -0.1) is 5.10 Å². The van der Waals surface area contributed by atoms with Gasteiger partial charge in [-0.3, -0.25) is 14.3 Å². The summed E-state index contributed by atoms with van der Waals surface area (Å²) in [6.07, 6.45) is 7.70. The number of aromatic nitrogens is 3. The number of amides is 1. The van der Waals surface area contributed by atoms with E-state index in [1.165, 1.54) is 11.8 Å². The molecule has 0 unspecified atom stereocenters. The third-order valence-corrected chi connectivity index (χ3v) is 7.73. The highest BCUT2D eigenvalue weighted by Crippen LogP contribution is 2.39. The highest BCUT2D eigenvalue weighted by atomic mass is 32.2. The Bertz CT molecular complexity index is 1530. The van der Waals surface area contributed by atoms with Crippen LogP contribution in [0.3, 0.4) is 0 Å². The number of methoxy groups -OCH3 is 1. The zero-order valence-electron chi connectivity index (χ0n) is 23.9. The molecule has 2 aromatic carbocycles. The molecule has 214 valence electrons. The molecule has 0 bridgehead atoms. The summed E-state index contributed by atoms with van der Waals surface area (Å²) in [7, 11) is -2.19. The van der Waals surface area contributed by atoms with Gasteiger partial charge in [0, 0.05) is 11.5 Å². The van der Waals surface area contributed by atoms with E-state index in [0.717, 1.165) is 49.5 Å². The molecule has 2 N–H and O–H groups in total. The molecule has 0 atom stereocenters. The van der Waals surface area contributed by atoms with Crippen molar-refractivity contribution in [1.29, 1.82) is 0 Å². The van der Waals surface area contributed by atoms with Gasteiger partial charge < -0.3 is 10.1 Å². The van der Waals surface area contributed by atoms with Crippen molar-refractivity contribution in [2.24, 2.45) is 5.92 Å². The maximum atomic E-state index is 13.4. The van der Waals surface area contributed by atoms with Crippen LogP contribution in [0.2, 0.25) is 0 Å². The van der Waals surface area contributed by atoms with E-state index in [9.17, 15) is 18.0 Å². The lowest BCUT2D eigenvalue weighted by molar-refractivity contribution is 0.0884. The van der Waals surface area contributed by atoms with Crippen molar-refractivity contribution in [2.75, 3.05) is 23.4 Å². The summed E-state index contributed by atoms with van der Waals surface area (Å²) in [5, 5.41) is 11.2. The van der Waals surface area contributed by atoms with Crippen LogP contribution in [-0.2, 0) is 15.4 Å². The zero-order valence-corrected chi connectivity index (χ0v) is 24.7. The Labute approximate surface area is 235 Å². The molecule has 1 heterocycles. The van der Waals surface area contributed by atoms with Gasteiger partial charge in [-0.2, -0.15) is 0 Å². The van der Waals surface area contributed by atoms with Crippen molar-refractivity contribution in [3.63, 3.8) is 0 Å². The highest BCUT2D eigenvalue weighted by molar-refractivity contribution is 7.92. The van der Waals surface area contributed by atoms with E-state index in [1.807, 2.05) is 27.7 Å². The molecule has 1 aliphatic carbocycles. The van der Waals surface area contributed by atoms with Crippen LogP contribution in [0.5, 0.6) is 5.75 Å². The number of nitrogens with one attached hydrogen (secondary N) is 2. The molecule has 40 heavy (non-hydrogen) atoms. The van der Waals surface area contributed by atoms with E-state index in [4.69, 9.17) is 4.74 Å². The van der Waals surface area contributed by atoms with Gasteiger partial charge in [0.1, 0.15) is 5.69 Å². The van der Waals surface area contributed by atoms with E-state index >= 15 is 0 Å². The number of carbonyl (C=O) groups is 2. The monoisotopic (exact) mass is 567 g/mol. The number of carbonyl (C=O) groups excluding carboxylic acids is 2. The number of benzene rings is 2. The van der Waals surface area contributed by atoms with Gasteiger partial charge in [0.25, 0.3) is 5.91 Å². The topological polar surface area (TPSA) is 132 Å². The number of anilines is 2. The second-order valence-electron chi connectivity index (χ2n) is 11.4. The van der Waals surface area contributed by atoms with Crippen molar-refractivity contribution in [3.8, 4) is 11.4 Å². The molecule has 11 heteroatoms. The Morgan fingerprint density at radius 3 is 2.35 bits per heavy atom. The van der Waals surface area contributed by atoms with E-state index < -0.39 is 15.9 Å². The quantitative estimate of drug-likeness (QED) is 0.355. The van der Waals surface area contributed by atoms with Crippen LogP contribution in [0.1, 0.15) is 84.8 Å². The average Bonchev–Trinajstić information content (AvgIpc) is 3.37. The molecular weight excluding hydrogens is 530 g/mol. The molecule has 4 rings (SSSR count). The van der Waals surface area contributed by atoms with Crippen molar-refractivity contribution in [2.45, 2.75) is 65.2 Å². The van der Waals surface area contributed by atoms with Crippen molar-refractivity contribution in [1.82, 2.24) is 15.0 Å². The largest absolute Gasteiger partial charge is 0.492 e. The predicted molar refractivity (Wildman–Crippen MR) is 155 cm³/mol. The molecule has 10 nitrogen and oxygen atoms in total. The minimum atomic E-state index is -3.60. The van der Waals surface area contributed by atoms with Crippen LogP contribution in [0.25, 0.3) is 5.69 Å². The van der Waals surface area contributed by atoms with Crippen LogP contribution >= 0.6 is 0 Å². The molecule has 1 fully saturated rings. The third kappa shape index (κ3) is 6.70. The summed E-state index contributed by atoms with van der Waals surface area (Å²) in [6.45, 7) is 7.85. The first-order valence-corrected chi connectivity index (χ1v) is 15.2. The SMILES string of the molecule is COc1c(NC(=O)c2ccc(C)c(-n3cc(C(=O)C4CCCCC4)nn3)c2)cc(C(C)(C)C)cc1NS(C)(=O)=O. The number of sulfonamides is 1. The van der Waals surface area contributed by atoms with Crippen LogP contribution in [0.4, 0.5) is 11.4 Å². The summed E-state index contributed by atoms with van der Waals surface area (Å²) in [5.74, 6) is -0.226. The lowest BCUT2D eigenvalue weighted by Gasteiger charge is -2.24. The number of Topliss-reactive ketones (excluding diaryl/α,β-unsaturated/α-hetero) is 1. The van der Waals surface area contributed by atoms with E-state index in [2.05, 4.69) is 20.4 Å². The van der Waals surface area contributed by atoms with E-state index in [1.54, 1.807) is 36.5 Å². The molecule has 3 aromatic rings. The molecule has 0 saturated heterocycles. The fourth-order valence-corrected chi connectivity index (χ4v) is 5.46. The average molecular weight is 568 g/mol. The predicted octanol–water partition coefficient (Wildman–Crippen LogP) is 5.27. The summed E-state index contributed by atoms with van der Waals surface area (Å²) < 4.78 is 33.6. The molecule has 1 saturated carbocycles. The van der Waals surface area contributed by atoms with Gasteiger partial charge in [-0.1, -0.05) is 51.3 Å². The van der Waals surface area contributed by atoms with E-state index in [0.29, 0.717) is 22.6 Å². The highest BCUT2D eigenvalue weighted by Gasteiger charge is 2.26. The van der Waals surface area contributed by atoms with Crippen LogP contribution in [0, 0.1) is 12.8 Å². The Morgan fingerprint density at radius 1 is 1.05 bits per heavy atom. The van der Waals surface area contributed by atoms with E-state index in [-0.39, 0.29) is 28.6 Å². The Balaban J connectivity index is 1.65.